The van der Waals surface area contributed by atoms with E-state index in [1.807, 2.05) is 16.7 Å². The number of carbonyl (C=O) groups excluding carboxylic acids is 5. The number of anilines is 1. The third kappa shape index (κ3) is 7.79. The fourth-order valence-electron chi connectivity index (χ4n) is 7.47. The van der Waals surface area contributed by atoms with Gasteiger partial charge >= 0.3 is 6.18 Å². The first-order valence-electron chi connectivity index (χ1n) is 18.7. The van der Waals surface area contributed by atoms with Crippen LogP contribution in [0.4, 0.5) is 23.2 Å². The monoisotopic (exact) mass is 806 g/mol. The maximum Gasteiger partial charge on any atom is 0.416 e. The average molecular weight is 807 g/mol. The molecule has 5 heterocycles. The Morgan fingerprint density at radius 1 is 0.915 bits per heavy atom. The Kier molecular flexibility index (Phi) is 10.3. The van der Waals surface area contributed by atoms with Crippen molar-refractivity contribution >= 4 is 40.9 Å². The molecule has 0 bridgehead atoms. The molecule has 1 unspecified atom stereocenters. The lowest BCUT2D eigenvalue weighted by Crippen LogP contribution is -2.54. The number of carbonyl (C=O) groups is 5. The zero-order valence-corrected chi connectivity index (χ0v) is 31.4. The minimum atomic E-state index is -4.71. The van der Waals surface area contributed by atoms with Gasteiger partial charge in [-0.1, -0.05) is 24.1 Å². The summed E-state index contributed by atoms with van der Waals surface area (Å²) in [5.74, 6) is 1.48. The number of aromatic nitrogens is 3. The van der Waals surface area contributed by atoms with E-state index in [4.69, 9.17) is 0 Å². The van der Waals surface area contributed by atoms with Crippen LogP contribution in [-0.2, 0) is 28.9 Å². The van der Waals surface area contributed by atoms with E-state index in [1.165, 1.54) is 24.3 Å². The Bertz CT molecular complexity index is 2640. The standard InChI is InChI=1S/C42H34F4N8O5/c1-24-4-5-26(19-25(24)7-10-30-21-47-34-3-2-14-48-54(30)34)38(56)49-29-9-6-27(32(20-29)42(44,45)46)22-51-15-17-52(18-16-51)23-28-8-11-31-36(37(28)43)41(59)53(40(31)58)33-12-13-35(55)50-39(33)57/h2-6,8-9,11,14,19-21,33H,12-13,15-18,22-23H2,1H3,(H,49,56)(H,50,55,57). The van der Waals surface area contributed by atoms with E-state index >= 15 is 4.39 Å². The van der Waals surface area contributed by atoms with Gasteiger partial charge in [0.1, 0.15) is 17.6 Å². The summed E-state index contributed by atoms with van der Waals surface area (Å²) in [5, 5.41) is 8.93. The van der Waals surface area contributed by atoms with Gasteiger partial charge in [-0.15, -0.1) is 0 Å². The van der Waals surface area contributed by atoms with E-state index in [-0.39, 0.29) is 53.9 Å². The lowest BCUT2D eigenvalue weighted by molar-refractivity contribution is -0.138. The lowest BCUT2D eigenvalue weighted by atomic mass is 10.0. The predicted octanol–water partition coefficient (Wildman–Crippen LogP) is 4.57. The second-order valence-corrected chi connectivity index (χ2v) is 14.5. The molecule has 300 valence electrons. The Morgan fingerprint density at radius 2 is 1.64 bits per heavy atom. The molecule has 8 rings (SSSR count). The third-order valence-corrected chi connectivity index (χ3v) is 10.7. The zero-order valence-electron chi connectivity index (χ0n) is 31.4. The summed E-state index contributed by atoms with van der Waals surface area (Å²) in [4.78, 5) is 72.2. The summed E-state index contributed by atoms with van der Waals surface area (Å²) >= 11 is 0. The molecular weight excluding hydrogens is 773 g/mol. The van der Waals surface area contributed by atoms with E-state index in [0.29, 0.717) is 48.0 Å². The number of nitrogens with one attached hydrogen (secondary N) is 2. The van der Waals surface area contributed by atoms with Crippen LogP contribution in [0.3, 0.4) is 0 Å². The van der Waals surface area contributed by atoms with Crippen LogP contribution in [0.5, 0.6) is 0 Å². The number of amides is 5. The van der Waals surface area contributed by atoms with Crippen molar-refractivity contribution in [1.82, 2.24) is 34.6 Å². The van der Waals surface area contributed by atoms with Gasteiger partial charge in [-0.05, 0) is 72.9 Å². The SMILES string of the molecule is Cc1ccc(C(=O)Nc2ccc(CN3CCN(Cc4ccc5c(c4F)C(=O)N(C4CCC(=O)NC4=O)C5=O)CC3)c(C(F)(F)F)c2)cc1C#Cc1cnc2cccnn12. The molecule has 2 fully saturated rings. The molecule has 3 aliphatic heterocycles. The average Bonchev–Trinajstić information content (AvgIpc) is 3.73. The van der Waals surface area contributed by atoms with Gasteiger partial charge in [0, 0.05) is 74.3 Å². The van der Waals surface area contributed by atoms with Gasteiger partial charge in [0.15, 0.2) is 5.65 Å². The molecule has 0 spiro atoms. The highest BCUT2D eigenvalue weighted by Crippen LogP contribution is 2.35. The highest BCUT2D eigenvalue weighted by molar-refractivity contribution is 6.23. The van der Waals surface area contributed by atoms with Crippen molar-refractivity contribution in [3.8, 4) is 11.8 Å². The quantitative estimate of drug-likeness (QED) is 0.137. The van der Waals surface area contributed by atoms with Crippen molar-refractivity contribution in [2.24, 2.45) is 0 Å². The molecule has 2 aromatic heterocycles. The fourth-order valence-corrected chi connectivity index (χ4v) is 7.47. The van der Waals surface area contributed by atoms with E-state index in [0.717, 1.165) is 11.6 Å². The van der Waals surface area contributed by atoms with E-state index in [2.05, 4.69) is 32.6 Å². The fraction of sp³-hybridized carbons (Fsp3) is 0.262. The van der Waals surface area contributed by atoms with Gasteiger partial charge < -0.3 is 5.32 Å². The molecule has 13 nitrogen and oxygen atoms in total. The summed E-state index contributed by atoms with van der Waals surface area (Å²) in [6.07, 6.45) is -1.64. The summed E-state index contributed by atoms with van der Waals surface area (Å²) < 4.78 is 60.6. The first-order valence-corrected chi connectivity index (χ1v) is 18.7. The molecule has 2 saturated heterocycles. The van der Waals surface area contributed by atoms with E-state index < -0.39 is 58.7 Å². The Morgan fingerprint density at radius 3 is 2.37 bits per heavy atom. The van der Waals surface area contributed by atoms with Gasteiger partial charge in [0.2, 0.25) is 11.8 Å². The normalized spacial score (nSPS) is 17.5. The Hall–Kier alpha value is -6.77. The minimum absolute atomic E-state index is 0.0205. The Labute approximate surface area is 334 Å². The lowest BCUT2D eigenvalue weighted by Gasteiger charge is -2.35. The number of hydrogen-bond donors (Lipinski definition) is 2. The molecule has 17 heteroatoms. The van der Waals surface area contributed by atoms with Crippen molar-refractivity contribution in [1.29, 1.82) is 0 Å². The number of fused-ring (bicyclic) bond motifs is 2. The predicted molar refractivity (Wildman–Crippen MR) is 203 cm³/mol. The molecule has 0 aliphatic carbocycles. The first-order chi connectivity index (χ1) is 28.2. The third-order valence-electron chi connectivity index (χ3n) is 10.7. The van der Waals surface area contributed by atoms with Crippen molar-refractivity contribution in [3.63, 3.8) is 0 Å². The van der Waals surface area contributed by atoms with E-state index in [9.17, 15) is 37.1 Å². The van der Waals surface area contributed by atoms with Gasteiger partial charge in [-0.2, -0.15) is 18.3 Å². The van der Waals surface area contributed by atoms with Crippen molar-refractivity contribution in [2.75, 3.05) is 31.5 Å². The number of imidazole rings is 1. The number of piperidine rings is 1. The summed E-state index contributed by atoms with van der Waals surface area (Å²) in [6.45, 7) is 3.34. The van der Waals surface area contributed by atoms with Crippen LogP contribution in [0.2, 0.25) is 0 Å². The zero-order chi connectivity index (χ0) is 41.6. The van der Waals surface area contributed by atoms with Crippen LogP contribution in [0.1, 0.15) is 77.4 Å². The highest BCUT2D eigenvalue weighted by atomic mass is 19.4. The van der Waals surface area contributed by atoms with Crippen LogP contribution in [-0.4, -0.2) is 91.1 Å². The number of benzene rings is 3. The first kappa shape index (κ1) is 39.1. The summed E-state index contributed by atoms with van der Waals surface area (Å²) in [7, 11) is 0. The topological polar surface area (TPSA) is 149 Å². The maximum absolute atomic E-state index is 15.8. The number of halogens is 4. The van der Waals surface area contributed by atoms with Crippen molar-refractivity contribution in [2.45, 2.75) is 45.1 Å². The smallest absolute Gasteiger partial charge is 0.322 e. The Balaban J connectivity index is 0.903. The van der Waals surface area contributed by atoms with Crippen molar-refractivity contribution in [3.05, 3.63) is 129 Å². The van der Waals surface area contributed by atoms with Crippen molar-refractivity contribution < 1.29 is 41.5 Å². The summed E-state index contributed by atoms with van der Waals surface area (Å²) in [6, 6.07) is 13.6. The van der Waals surface area contributed by atoms with Crippen LogP contribution >= 0.6 is 0 Å². The number of imide groups is 2. The number of aryl methyl sites for hydroxylation is 1. The number of hydrogen-bond acceptors (Lipinski definition) is 9. The van der Waals surface area contributed by atoms with Crippen LogP contribution < -0.4 is 10.6 Å². The molecule has 3 aromatic carbocycles. The number of alkyl halides is 3. The van der Waals surface area contributed by atoms with Gasteiger partial charge in [-0.3, -0.25) is 44.0 Å². The maximum atomic E-state index is 15.8. The number of nitrogens with zero attached hydrogens (tertiary/aromatic N) is 6. The molecule has 59 heavy (non-hydrogen) atoms. The molecule has 5 amide bonds. The number of rotatable bonds is 7. The molecule has 5 aromatic rings. The van der Waals surface area contributed by atoms with Crippen LogP contribution in [0.15, 0.2) is 73.1 Å². The minimum Gasteiger partial charge on any atom is -0.322 e. The highest BCUT2D eigenvalue weighted by Gasteiger charge is 2.46. The van der Waals surface area contributed by atoms with Gasteiger partial charge in [-0.25, -0.2) is 13.9 Å². The molecule has 0 radical (unpaired) electrons. The molecular formula is C42H34F4N8O5. The van der Waals surface area contributed by atoms with Crippen LogP contribution in [0, 0.1) is 24.6 Å². The second-order valence-electron chi connectivity index (χ2n) is 14.5. The van der Waals surface area contributed by atoms with Gasteiger partial charge in [0.05, 0.1) is 22.9 Å². The number of piperazine rings is 1. The molecule has 1 atom stereocenters. The molecule has 0 saturated carbocycles. The largest absolute Gasteiger partial charge is 0.416 e. The summed E-state index contributed by atoms with van der Waals surface area (Å²) in [5.41, 5.74) is 1.38. The van der Waals surface area contributed by atoms with Crippen LogP contribution in [0.25, 0.3) is 5.65 Å². The second kappa shape index (κ2) is 15.5. The molecule has 2 N–H and O–H groups in total. The van der Waals surface area contributed by atoms with Gasteiger partial charge in [0.25, 0.3) is 17.7 Å². The molecule has 3 aliphatic rings. The van der Waals surface area contributed by atoms with E-state index in [1.54, 1.807) is 47.2 Å².